The zero-order valence-electron chi connectivity index (χ0n) is 12.2. The maximum Gasteiger partial charge on any atom is 0.145 e. The Hall–Kier alpha value is -1.28. The Balaban J connectivity index is 2.32. The second kappa shape index (κ2) is 6.94. The third-order valence-electron chi connectivity index (χ3n) is 3.95. The number of phenolic OH excluding ortho intramolecular Hbond substituents is 1. The van der Waals surface area contributed by atoms with Crippen LogP contribution in [0, 0.1) is 5.92 Å². The van der Waals surface area contributed by atoms with Crippen LogP contribution in [0.4, 0.5) is 0 Å². The highest BCUT2D eigenvalue weighted by Crippen LogP contribution is 2.35. The van der Waals surface area contributed by atoms with Gasteiger partial charge in [-0.25, -0.2) is 0 Å². The summed E-state index contributed by atoms with van der Waals surface area (Å²) in [5.74, 6) is 0.887. The first-order chi connectivity index (χ1) is 9.67. The van der Waals surface area contributed by atoms with E-state index in [4.69, 9.17) is 11.6 Å². The molecule has 3 heteroatoms. The van der Waals surface area contributed by atoms with Gasteiger partial charge < -0.3 is 5.11 Å². The van der Waals surface area contributed by atoms with Gasteiger partial charge in [0.05, 0.1) is 5.02 Å². The molecule has 0 aliphatic rings. The average Bonchev–Trinajstić information content (AvgIpc) is 2.48. The lowest BCUT2D eigenvalue weighted by Crippen LogP contribution is -2.04. The number of pyridine rings is 1. The lowest BCUT2D eigenvalue weighted by Gasteiger charge is -2.16. The molecule has 0 fully saturated rings. The number of nitrogens with zero attached hydrogens (tertiary/aromatic N) is 1. The molecular formula is C17H22ClNO. The number of phenols is 1. The first kappa shape index (κ1) is 15.1. The van der Waals surface area contributed by atoms with Crippen LogP contribution in [0.25, 0.3) is 10.9 Å². The molecule has 0 aliphatic heterocycles. The molecule has 0 saturated heterocycles. The Morgan fingerprint density at radius 3 is 2.85 bits per heavy atom. The minimum atomic E-state index is 0.292. The molecular weight excluding hydrogens is 270 g/mol. The third-order valence-corrected chi connectivity index (χ3v) is 4.26. The second-order valence-corrected chi connectivity index (χ2v) is 5.79. The van der Waals surface area contributed by atoms with Crippen molar-refractivity contribution in [2.24, 2.45) is 5.92 Å². The fraction of sp³-hybridized carbons (Fsp3) is 0.471. The third kappa shape index (κ3) is 3.24. The Morgan fingerprint density at radius 1 is 1.35 bits per heavy atom. The number of aromatic nitrogens is 1. The van der Waals surface area contributed by atoms with E-state index in [1.54, 1.807) is 6.20 Å². The van der Waals surface area contributed by atoms with E-state index in [0.717, 1.165) is 23.8 Å². The molecule has 1 heterocycles. The molecule has 1 unspecified atom stereocenters. The van der Waals surface area contributed by atoms with Crippen LogP contribution in [-0.4, -0.2) is 10.1 Å². The average molecular weight is 292 g/mol. The smallest absolute Gasteiger partial charge is 0.145 e. The largest absolute Gasteiger partial charge is 0.505 e. The number of fused-ring (bicyclic) bond motifs is 1. The van der Waals surface area contributed by atoms with Crippen LogP contribution < -0.4 is 0 Å². The molecule has 1 aromatic heterocycles. The maximum absolute atomic E-state index is 10.4. The summed E-state index contributed by atoms with van der Waals surface area (Å²) in [5.41, 5.74) is 1.53. The van der Waals surface area contributed by atoms with E-state index in [1.165, 1.54) is 19.3 Å². The number of benzene rings is 1. The molecule has 1 N–H and O–H groups in total. The van der Waals surface area contributed by atoms with Gasteiger partial charge in [-0.1, -0.05) is 51.1 Å². The fourth-order valence-electron chi connectivity index (χ4n) is 2.65. The lowest BCUT2D eigenvalue weighted by molar-refractivity contribution is 0.428. The van der Waals surface area contributed by atoms with Crippen molar-refractivity contribution in [3.05, 3.63) is 35.0 Å². The Morgan fingerprint density at radius 2 is 2.15 bits per heavy atom. The quantitative estimate of drug-likeness (QED) is 0.778. The van der Waals surface area contributed by atoms with E-state index in [2.05, 4.69) is 18.8 Å². The topological polar surface area (TPSA) is 33.1 Å². The van der Waals surface area contributed by atoms with Gasteiger partial charge in [0, 0.05) is 11.6 Å². The van der Waals surface area contributed by atoms with E-state index >= 15 is 0 Å². The van der Waals surface area contributed by atoms with E-state index in [1.807, 2.05) is 18.2 Å². The number of halogens is 1. The van der Waals surface area contributed by atoms with E-state index < -0.39 is 0 Å². The molecule has 0 saturated carbocycles. The van der Waals surface area contributed by atoms with Crippen molar-refractivity contribution in [2.45, 2.75) is 46.0 Å². The predicted molar refractivity (Wildman–Crippen MR) is 85.4 cm³/mol. The summed E-state index contributed by atoms with van der Waals surface area (Å²) in [6.07, 6.45) is 7.33. The van der Waals surface area contributed by atoms with Gasteiger partial charge in [-0.15, -0.1) is 0 Å². The van der Waals surface area contributed by atoms with Crippen molar-refractivity contribution in [3.63, 3.8) is 0 Å². The lowest BCUT2D eigenvalue weighted by atomic mass is 9.91. The van der Waals surface area contributed by atoms with Gasteiger partial charge in [0.1, 0.15) is 11.3 Å². The van der Waals surface area contributed by atoms with Crippen LogP contribution >= 0.6 is 11.6 Å². The molecule has 2 rings (SSSR count). The SMILES string of the molecule is CCCCC(CC)Cc1cc(Cl)c2cccnc2c1O. The van der Waals surface area contributed by atoms with E-state index in [-0.39, 0.29) is 0 Å². The van der Waals surface area contributed by atoms with Crippen LogP contribution in [0.15, 0.2) is 24.4 Å². The predicted octanol–water partition coefficient (Wildman–Crippen LogP) is 5.35. The molecule has 1 aromatic carbocycles. The number of rotatable bonds is 6. The van der Waals surface area contributed by atoms with Crippen molar-refractivity contribution >= 4 is 22.5 Å². The summed E-state index contributed by atoms with van der Waals surface area (Å²) in [6, 6.07) is 5.63. The summed E-state index contributed by atoms with van der Waals surface area (Å²) in [6.45, 7) is 4.42. The zero-order valence-corrected chi connectivity index (χ0v) is 13.0. The summed E-state index contributed by atoms with van der Waals surface area (Å²) in [4.78, 5) is 4.26. The maximum atomic E-state index is 10.4. The van der Waals surface area contributed by atoms with Crippen LogP contribution in [0.2, 0.25) is 5.02 Å². The van der Waals surface area contributed by atoms with Crippen molar-refractivity contribution in [1.82, 2.24) is 4.98 Å². The zero-order chi connectivity index (χ0) is 14.5. The first-order valence-corrected chi connectivity index (χ1v) is 7.80. The number of aromatic hydroxyl groups is 1. The summed E-state index contributed by atoms with van der Waals surface area (Å²) >= 11 is 6.31. The first-order valence-electron chi connectivity index (χ1n) is 7.42. The van der Waals surface area contributed by atoms with E-state index in [9.17, 15) is 5.11 Å². The minimum Gasteiger partial charge on any atom is -0.505 e. The van der Waals surface area contributed by atoms with Crippen LogP contribution in [0.5, 0.6) is 5.75 Å². The minimum absolute atomic E-state index is 0.292. The normalized spacial score (nSPS) is 12.8. The molecule has 1 atom stereocenters. The van der Waals surface area contributed by atoms with Crippen LogP contribution in [-0.2, 0) is 6.42 Å². The standard InChI is InChI=1S/C17H22ClNO/c1-3-5-7-12(4-2)10-13-11-15(18)14-8-6-9-19-16(14)17(13)20/h6,8-9,11-12,20H,3-5,7,10H2,1-2H3. The Kier molecular flexibility index (Phi) is 5.24. The molecule has 0 amide bonds. The number of hydrogen-bond donors (Lipinski definition) is 1. The van der Waals surface area contributed by atoms with Gasteiger partial charge in [-0.3, -0.25) is 4.98 Å². The molecule has 2 nitrogen and oxygen atoms in total. The van der Waals surface area contributed by atoms with Gasteiger partial charge in [0.25, 0.3) is 0 Å². The van der Waals surface area contributed by atoms with Crippen molar-refractivity contribution in [3.8, 4) is 5.75 Å². The highest BCUT2D eigenvalue weighted by molar-refractivity contribution is 6.35. The van der Waals surface area contributed by atoms with Crippen LogP contribution in [0.1, 0.15) is 45.1 Å². The highest BCUT2D eigenvalue weighted by Gasteiger charge is 2.15. The van der Waals surface area contributed by atoms with Crippen LogP contribution in [0.3, 0.4) is 0 Å². The van der Waals surface area contributed by atoms with Gasteiger partial charge >= 0.3 is 0 Å². The highest BCUT2D eigenvalue weighted by atomic mass is 35.5. The molecule has 0 aliphatic carbocycles. The summed E-state index contributed by atoms with van der Waals surface area (Å²) in [5, 5.41) is 11.9. The summed E-state index contributed by atoms with van der Waals surface area (Å²) < 4.78 is 0. The molecule has 2 aromatic rings. The van der Waals surface area contributed by atoms with Gasteiger partial charge in [-0.2, -0.15) is 0 Å². The Labute approximate surface area is 125 Å². The van der Waals surface area contributed by atoms with Gasteiger partial charge in [0.2, 0.25) is 0 Å². The number of unbranched alkanes of at least 4 members (excludes halogenated alkanes) is 1. The van der Waals surface area contributed by atoms with E-state index in [0.29, 0.717) is 22.2 Å². The number of hydrogen-bond acceptors (Lipinski definition) is 2. The molecule has 0 bridgehead atoms. The molecule has 108 valence electrons. The van der Waals surface area contributed by atoms with Crippen molar-refractivity contribution < 1.29 is 5.11 Å². The Bertz CT molecular complexity index is 582. The second-order valence-electron chi connectivity index (χ2n) is 5.39. The summed E-state index contributed by atoms with van der Waals surface area (Å²) in [7, 11) is 0. The monoisotopic (exact) mass is 291 g/mol. The molecule has 0 radical (unpaired) electrons. The van der Waals surface area contributed by atoms with Gasteiger partial charge in [0.15, 0.2) is 0 Å². The van der Waals surface area contributed by atoms with Gasteiger partial charge in [-0.05, 0) is 36.1 Å². The van der Waals surface area contributed by atoms with Crippen molar-refractivity contribution in [1.29, 1.82) is 0 Å². The molecule has 20 heavy (non-hydrogen) atoms. The van der Waals surface area contributed by atoms with Crippen molar-refractivity contribution in [2.75, 3.05) is 0 Å². The molecule has 0 spiro atoms. The fourth-order valence-corrected chi connectivity index (χ4v) is 2.93.